The second-order valence-corrected chi connectivity index (χ2v) is 9.04. The molecule has 0 saturated carbocycles. The van der Waals surface area contributed by atoms with Crippen molar-refractivity contribution in [1.82, 2.24) is 15.5 Å². The Morgan fingerprint density at radius 2 is 1.73 bits per heavy atom. The summed E-state index contributed by atoms with van der Waals surface area (Å²) >= 11 is 0. The molecule has 12 nitrogen and oxygen atoms in total. The van der Waals surface area contributed by atoms with E-state index in [0.717, 1.165) is 0 Å². The van der Waals surface area contributed by atoms with Gasteiger partial charge in [0.1, 0.15) is 18.1 Å². The van der Waals surface area contributed by atoms with Gasteiger partial charge in [0.2, 0.25) is 17.7 Å². The summed E-state index contributed by atoms with van der Waals surface area (Å²) in [4.78, 5) is 55.5. The Labute approximate surface area is 194 Å². The van der Waals surface area contributed by atoms with Crippen molar-refractivity contribution in [2.24, 2.45) is 34.0 Å². The van der Waals surface area contributed by atoms with E-state index in [2.05, 4.69) is 15.6 Å². The zero-order valence-corrected chi connectivity index (χ0v) is 19.9. The van der Waals surface area contributed by atoms with Gasteiger partial charge in [-0.1, -0.05) is 27.7 Å². The number of rotatable bonds is 12. The van der Waals surface area contributed by atoms with Crippen LogP contribution in [0.4, 0.5) is 0 Å². The molecule has 1 heterocycles. The van der Waals surface area contributed by atoms with Crippen molar-refractivity contribution in [3.63, 3.8) is 0 Å². The molecule has 9 N–H and O–H groups in total. The van der Waals surface area contributed by atoms with Crippen LogP contribution in [-0.4, -0.2) is 76.9 Å². The summed E-state index contributed by atoms with van der Waals surface area (Å²) in [6.07, 6.45) is 1.66. The Kier molecular flexibility index (Phi) is 11.1. The quantitative estimate of drug-likeness (QED) is 0.115. The maximum Gasteiger partial charge on any atom is 0.326 e. The van der Waals surface area contributed by atoms with Gasteiger partial charge in [0.05, 0.1) is 6.04 Å². The van der Waals surface area contributed by atoms with Crippen LogP contribution in [0.2, 0.25) is 0 Å². The maximum absolute atomic E-state index is 13.1. The van der Waals surface area contributed by atoms with E-state index in [1.54, 1.807) is 13.8 Å². The van der Waals surface area contributed by atoms with Gasteiger partial charge in [-0.05, 0) is 37.5 Å². The van der Waals surface area contributed by atoms with E-state index in [4.69, 9.17) is 17.2 Å². The topological polar surface area (TPSA) is 206 Å². The predicted molar refractivity (Wildman–Crippen MR) is 124 cm³/mol. The highest BCUT2D eigenvalue weighted by atomic mass is 16.4. The number of hydrogen-bond donors (Lipinski definition) is 6. The minimum Gasteiger partial charge on any atom is -0.480 e. The average molecular weight is 470 g/mol. The lowest BCUT2D eigenvalue weighted by Gasteiger charge is -2.29. The summed E-state index contributed by atoms with van der Waals surface area (Å²) in [6.45, 7) is 7.66. The van der Waals surface area contributed by atoms with Crippen LogP contribution >= 0.6 is 0 Å². The van der Waals surface area contributed by atoms with Crippen molar-refractivity contribution in [3.05, 3.63) is 0 Å². The Morgan fingerprint density at radius 1 is 1.09 bits per heavy atom. The Balaban J connectivity index is 2.97. The van der Waals surface area contributed by atoms with Crippen LogP contribution < -0.4 is 27.8 Å². The molecule has 0 bridgehead atoms. The number of hydrogen-bond acceptors (Lipinski definition) is 6. The first-order valence-electron chi connectivity index (χ1n) is 11.3. The van der Waals surface area contributed by atoms with E-state index in [9.17, 15) is 24.3 Å². The molecule has 0 aromatic heterocycles. The van der Waals surface area contributed by atoms with E-state index in [0.29, 0.717) is 25.8 Å². The first kappa shape index (κ1) is 28.1. The van der Waals surface area contributed by atoms with E-state index in [1.807, 2.05) is 13.8 Å². The number of carbonyl (C=O) groups is 4. The molecular formula is C21H39N7O5. The van der Waals surface area contributed by atoms with Crippen LogP contribution in [0, 0.1) is 11.8 Å². The first-order chi connectivity index (χ1) is 15.4. The van der Waals surface area contributed by atoms with Crippen molar-refractivity contribution >= 4 is 29.7 Å². The minimum absolute atomic E-state index is 0.0835. The van der Waals surface area contributed by atoms with Gasteiger partial charge < -0.3 is 37.8 Å². The number of guanidine groups is 1. The lowest BCUT2D eigenvalue weighted by molar-refractivity contribution is -0.144. The maximum atomic E-state index is 13.1. The summed E-state index contributed by atoms with van der Waals surface area (Å²) in [6, 6.07) is -3.58. The fraction of sp³-hybridized carbons (Fsp3) is 0.762. The highest BCUT2D eigenvalue weighted by Gasteiger charge is 2.38. The molecule has 12 heteroatoms. The van der Waals surface area contributed by atoms with Crippen LogP contribution in [0.3, 0.4) is 0 Å². The number of aliphatic carboxylic acids is 1. The fourth-order valence-corrected chi connectivity index (χ4v) is 3.59. The SMILES string of the molecule is CC(C)C(N)C(=O)N1CCCC1C(=O)NC(CCCN=C(N)N)C(=O)NC(C(=O)O)C(C)C. The van der Waals surface area contributed by atoms with Gasteiger partial charge in [0, 0.05) is 13.1 Å². The Morgan fingerprint density at radius 3 is 2.24 bits per heavy atom. The second kappa shape index (κ2) is 13.0. The normalized spacial score (nSPS) is 18.5. The van der Waals surface area contributed by atoms with Gasteiger partial charge in [-0.3, -0.25) is 19.4 Å². The van der Waals surface area contributed by atoms with Gasteiger partial charge in [0.25, 0.3) is 0 Å². The third kappa shape index (κ3) is 8.52. The summed E-state index contributed by atoms with van der Waals surface area (Å²) in [5.74, 6) is -3.10. The van der Waals surface area contributed by atoms with E-state index in [1.165, 1.54) is 4.90 Å². The van der Waals surface area contributed by atoms with Crippen molar-refractivity contribution < 1.29 is 24.3 Å². The number of aliphatic imine (C=N–C) groups is 1. The molecule has 4 unspecified atom stereocenters. The summed E-state index contributed by atoms with van der Waals surface area (Å²) in [7, 11) is 0. The first-order valence-corrected chi connectivity index (χ1v) is 11.3. The summed E-state index contributed by atoms with van der Waals surface area (Å²) in [5.41, 5.74) is 16.6. The summed E-state index contributed by atoms with van der Waals surface area (Å²) < 4.78 is 0. The van der Waals surface area contributed by atoms with Crippen molar-refractivity contribution in [2.75, 3.05) is 13.1 Å². The van der Waals surface area contributed by atoms with Gasteiger partial charge in [0.15, 0.2) is 5.96 Å². The summed E-state index contributed by atoms with van der Waals surface area (Å²) in [5, 5.41) is 14.6. The van der Waals surface area contributed by atoms with E-state index in [-0.39, 0.29) is 36.7 Å². The highest BCUT2D eigenvalue weighted by molar-refractivity contribution is 5.94. The fourth-order valence-electron chi connectivity index (χ4n) is 3.59. The van der Waals surface area contributed by atoms with E-state index >= 15 is 0 Å². The van der Waals surface area contributed by atoms with Crippen molar-refractivity contribution in [1.29, 1.82) is 0 Å². The minimum atomic E-state index is -1.17. The second-order valence-electron chi connectivity index (χ2n) is 9.04. The van der Waals surface area contributed by atoms with E-state index < -0.39 is 42.0 Å². The molecule has 1 saturated heterocycles. The lowest BCUT2D eigenvalue weighted by Crippen LogP contribution is -2.57. The third-order valence-corrected chi connectivity index (χ3v) is 5.65. The molecular weight excluding hydrogens is 430 g/mol. The smallest absolute Gasteiger partial charge is 0.326 e. The molecule has 33 heavy (non-hydrogen) atoms. The Bertz CT molecular complexity index is 737. The van der Waals surface area contributed by atoms with Gasteiger partial charge in [-0.2, -0.15) is 0 Å². The molecule has 0 radical (unpaired) electrons. The number of amides is 3. The molecule has 1 fully saturated rings. The number of likely N-dealkylation sites (tertiary alicyclic amines) is 1. The monoisotopic (exact) mass is 469 g/mol. The van der Waals surface area contributed by atoms with Gasteiger partial charge in [-0.15, -0.1) is 0 Å². The van der Waals surface area contributed by atoms with Crippen LogP contribution in [0.1, 0.15) is 53.4 Å². The molecule has 1 rings (SSSR count). The number of nitrogens with one attached hydrogen (secondary N) is 2. The largest absolute Gasteiger partial charge is 0.480 e. The predicted octanol–water partition coefficient (Wildman–Crippen LogP) is -1.28. The molecule has 188 valence electrons. The molecule has 0 aromatic carbocycles. The van der Waals surface area contributed by atoms with Crippen molar-refractivity contribution in [3.8, 4) is 0 Å². The zero-order valence-electron chi connectivity index (χ0n) is 19.9. The number of nitrogens with zero attached hydrogens (tertiary/aromatic N) is 2. The number of nitrogens with two attached hydrogens (primary N) is 3. The highest BCUT2D eigenvalue weighted by Crippen LogP contribution is 2.20. The van der Waals surface area contributed by atoms with Gasteiger partial charge in [-0.25, -0.2) is 4.79 Å². The average Bonchev–Trinajstić information content (AvgIpc) is 3.21. The molecule has 4 atom stereocenters. The molecule has 1 aliphatic heterocycles. The number of carbonyl (C=O) groups excluding carboxylic acids is 3. The standard InChI is InChI=1S/C21H39N7O5/c1-11(2)15(22)19(31)28-10-6-8-14(28)18(30)26-13(7-5-9-25-21(23)24)17(29)27-16(12(3)4)20(32)33/h11-16H,5-10,22H2,1-4H3,(H,26,30)(H,27,29)(H,32,33)(H4,23,24,25). The zero-order chi connectivity index (χ0) is 25.3. The lowest BCUT2D eigenvalue weighted by atomic mass is 10.0. The van der Waals surface area contributed by atoms with Crippen LogP contribution in [0.5, 0.6) is 0 Å². The van der Waals surface area contributed by atoms with Gasteiger partial charge >= 0.3 is 5.97 Å². The number of carboxylic acids is 1. The van der Waals surface area contributed by atoms with Crippen LogP contribution in [-0.2, 0) is 19.2 Å². The molecule has 0 aliphatic carbocycles. The molecule has 1 aliphatic rings. The number of carboxylic acid groups (broad SMARTS) is 1. The van der Waals surface area contributed by atoms with Crippen LogP contribution in [0.15, 0.2) is 4.99 Å². The van der Waals surface area contributed by atoms with Crippen molar-refractivity contribution in [2.45, 2.75) is 77.5 Å². The molecule has 3 amide bonds. The Hall–Kier alpha value is -2.89. The van der Waals surface area contributed by atoms with Crippen LogP contribution in [0.25, 0.3) is 0 Å². The molecule has 0 aromatic rings. The molecule has 0 spiro atoms. The third-order valence-electron chi connectivity index (χ3n) is 5.65.